The summed E-state index contributed by atoms with van der Waals surface area (Å²) in [5, 5.41) is 6.18. The summed E-state index contributed by atoms with van der Waals surface area (Å²) in [5.74, 6) is -0.0885. The molecule has 0 atom stereocenters. The molecular weight excluding hydrogens is 250 g/mol. The summed E-state index contributed by atoms with van der Waals surface area (Å²) < 4.78 is 0. The first-order chi connectivity index (χ1) is 9.70. The van der Waals surface area contributed by atoms with Crippen molar-refractivity contribution in [2.45, 2.75) is 25.8 Å². The van der Waals surface area contributed by atoms with Crippen molar-refractivity contribution in [3.63, 3.8) is 0 Å². The van der Waals surface area contributed by atoms with Crippen molar-refractivity contribution in [2.24, 2.45) is 0 Å². The zero-order chi connectivity index (χ0) is 13.9. The number of nitrogens with one attached hydrogen (secondary N) is 2. The first-order valence-corrected chi connectivity index (χ1v) is 6.81. The lowest BCUT2D eigenvalue weighted by Gasteiger charge is -2.07. The summed E-state index contributed by atoms with van der Waals surface area (Å²) in [7, 11) is 0. The summed E-state index contributed by atoms with van der Waals surface area (Å²) in [6, 6.07) is 12.1. The van der Waals surface area contributed by atoms with Gasteiger partial charge in [-0.2, -0.15) is 0 Å². The Bertz CT molecular complexity index is 601. The fourth-order valence-electron chi connectivity index (χ4n) is 1.89. The van der Waals surface area contributed by atoms with Crippen LogP contribution in [0.4, 0.5) is 11.4 Å². The highest BCUT2D eigenvalue weighted by Gasteiger charge is 2.24. The molecule has 0 bridgehead atoms. The van der Waals surface area contributed by atoms with Gasteiger partial charge in [0.1, 0.15) is 5.69 Å². The lowest BCUT2D eigenvalue weighted by molar-refractivity contribution is 0.0946. The van der Waals surface area contributed by atoms with E-state index in [0.29, 0.717) is 11.7 Å². The smallest absolute Gasteiger partial charge is 0.270 e. The number of pyridine rings is 1. The molecule has 1 saturated carbocycles. The number of benzene rings is 1. The quantitative estimate of drug-likeness (QED) is 0.895. The van der Waals surface area contributed by atoms with Gasteiger partial charge in [-0.25, -0.2) is 4.98 Å². The van der Waals surface area contributed by atoms with E-state index in [4.69, 9.17) is 0 Å². The van der Waals surface area contributed by atoms with Crippen LogP contribution in [0.2, 0.25) is 0 Å². The first kappa shape index (κ1) is 12.7. The summed E-state index contributed by atoms with van der Waals surface area (Å²) >= 11 is 0. The molecule has 0 radical (unpaired) electrons. The van der Waals surface area contributed by atoms with Crippen molar-refractivity contribution < 1.29 is 4.79 Å². The molecule has 2 N–H and O–H groups in total. The maximum Gasteiger partial charge on any atom is 0.270 e. The number of aromatic nitrogens is 1. The van der Waals surface area contributed by atoms with Gasteiger partial charge in [0.05, 0.1) is 11.9 Å². The maximum absolute atomic E-state index is 11.8. The Morgan fingerprint density at radius 2 is 1.80 bits per heavy atom. The van der Waals surface area contributed by atoms with Gasteiger partial charge in [0, 0.05) is 11.7 Å². The number of hydrogen-bond acceptors (Lipinski definition) is 3. The van der Waals surface area contributed by atoms with Crippen LogP contribution < -0.4 is 10.6 Å². The number of anilines is 2. The van der Waals surface area contributed by atoms with Crippen LogP contribution >= 0.6 is 0 Å². The van der Waals surface area contributed by atoms with Crippen molar-refractivity contribution in [3.8, 4) is 0 Å². The Labute approximate surface area is 118 Å². The molecule has 0 saturated heterocycles. The van der Waals surface area contributed by atoms with Crippen molar-refractivity contribution in [1.82, 2.24) is 10.3 Å². The van der Waals surface area contributed by atoms with Gasteiger partial charge in [0.2, 0.25) is 0 Å². The van der Waals surface area contributed by atoms with Crippen LogP contribution in [0.15, 0.2) is 42.6 Å². The third-order valence-corrected chi connectivity index (χ3v) is 3.25. The van der Waals surface area contributed by atoms with Gasteiger partial charge in [0.25, 0.3) is 5.91 Å². The van der Waals surface area contributed by atoms with Crippen molar-refractivity contribution in [1.29, 1.82) is 0 Å². The van der Waals surface area contributed by atoms with Crippen LogP contribution in [-0.2, 0) is 0 Å². The van der Waals surface area contributed by atoms with Gasteiger partial charge >= 0.3 is 0 Å². The Hall–Kier alpha value is -2.36. The van der Waals surface area contributed by atoms with Crippen LogP contribution in [-0.4, -0.2) is 16.9 Å². The molecule has 0 aliphatic heterocycles. The van der Waals surface area contributed by atoms with Gasteiger partial charge in [-0.05, 0) is 44.0 Å². The second-order valence-electron chi connectivity index (χ2n) is 5.17. The van der Waals surface area contributed by atoms with E-state index in [-0.39, 0.29) is 5.91 Å². The van der Waals surface area contributed by atoms with Gasteiger partial charge in [0.15, 0.2) is 0 Å². The molecule has 20 heavy (non-hydrogen) atoms. The number of hydrogen-bond donors (Lipinski definition) is 2. The monoisotopic (exact) mass is 267 g/mol. The van der Waals surface area contributed by atoms with Gasteiger partial charge in [-0.15, -0.1) is 0 Å². The zero-order valence-corrected chi connectivity index (χ0v) is 11.4. The van der Waals surface area contributed by atoms with Crippen LogP contribution in [0, 0.1) is 6.92 Å². The minimum Gasteiger partial charge on any atom is -0.354 e. The molecule has 1 aliphatic carbocycles. The molecule has 1 heterocycles. The molecule has 4 nitrogen and oxygen atoms in total. The molecule has 1 aromatic heterocycles. The van der Waals surface area contributed by atoms with Crippen molar-refractivity contribution in [2.75, 3.05) is 5.32 Å². The SMILES string of the molecule is Cc1ccc(Nc2ccc(C(=O)NC3CC3)nc2)cc1. The molecule has 102 valence electrons. The fourth-order valence-corrected chi connectivity index (χ4v) is 1.89. The summed E-state index contributed by atoms with van der Waals surface area (Å²) in [4.78, 5) is 16.0. The molecule has 0 unspecified atom stereocenters. The Kier molecular flexibility index (Phi) is 3.37. The van der Waals surface area contributed by atoms with E-state index in [2.05, 4.69) is 22.5 Å². The number of amides is 1. The highest BCUT2D eigenvalue weighted by molar-refractivity contribution is 5.92. The van der Waals surface area contributed by atoms with E-state index < -0.39 is 0 Å². The average molecular weight is 267 g/mol. The number of aryl methyl sites for hydroxylation is 1. The second kappa shape index (κ2) is 5.33. The molecule has 4 heteroatoms. The van der Waals surface area contributed by atoms with Crippen LogP contribution in [0.1, 0.15) is 28.9 Å². The largest absolute Gasteiger partial charge is 0.354 e. The predicted octanol–water partition coefficient (Wildman–Crippen LogP) is 3.03. The Morgan fingerprint density at radius 3 is 2.40 bits per heavy atom. The second-order valence-corrected chi connectivity index (χ2v) is 5.17. The number of carbonyl (C=O) groups is 1. The number of rotatable bonds is 4. The molecule has 2 aromatic rings. The van der Waals surface area contributed by atoms with Crippen molar-refractivity contribution in [3.05, 3.63) is 53.9 Å². The molecule has 0 spiro atoms. The molecular formula is C16H17N3O. The standard InChI is InChI=1S/C16H17N3O/c1-11-2-4-12(5-3-11)18-14-8-9-15(17-10-14)16(20)19-13-6-7-13/h2-5,8-10,13,18H,6-7H2,1H3,(H,19,20). The highest BCUT2D eigenvalue weighted by Crippen LogP contribution is 2.20. The minimum atomic E-state index is -0.0885. The topological polar surface area (TPSA) is 54.0 Å². The average Bonchev–Trinajstić information content (AvgIpc) is 3.26. The van der Waals surface area contributed by atoms with E-state index in [0.717, 1.165) is 24.2 Å². The third-order valence-electron chi connectivity index (χ3n) is 3.25. The van der Waals surface area contributed by atoms with E-state index in [1.165, 1.54) is 5.56 Å². The Balaban J connectivity index is 1.66. The summed E-state index contributed by atoms with van der Waals surface area (Å²) in [5.41, 5.74) is 3.57. The summed E-state index contributed by atoms with van der Waals surface area (Å²) in [6.07, 6.45) is 3.85. The van der Waals surface area contributed by atoms with E-state index in [1.807, 2.05) is 30.3 Å². The van der Waals surface area contributed by atoms with Crippen LogP contribution in [0.3, 0.4) is 0 Å². The third kappa shape index (κ3) is 3.15. The number of carbonyl (C=O) groups excluding carboxylic acids is 1. The lowest BCUT2D eigenvalue weighted by Crippen LogP contribution is -2.26. The minimum absolute atomic E-state index is 0.0885. The van der Waals surface area contributed by atoms with E-state index in [1.54, 1.807) is 12.3 Å². The van der Waals surface area contributed by atoms with E-state index in [9.17, 15) is 4.79 Å². The van der Waals surface area contributed by atoms with Crippen molar-refractivity contribution >= 4 is 17.3 Å². The molecule has 1 amide bonds. The molecule has 3 rings (SSSR count). The van der Waals surface area contributed by atoms with Crippen LogP contribution in [0.25, 0.3) is 0 Å². The fraction of sp³-hybridized carbons (Fsp3) is 0.250. The molecule has 1 fully saturated rings. The zero-order valence-electron chi connectivity index (χ0n) is 11.4. The first-order valence-electron chi connectivity index (χ1n) is 6.81. The Morgan fingerprint density at radius 1 is 1.10 bits per heavy atom. The van der Waals surface area contributed by atoms with E-state index >= 15 is 0 Å². The predicted molar refractivity (Wildman–Crippen MR) is 79.2 cm³/mol. The van der Waals surface area contributed by atoms with Gasteiger partial charge < -0.3 is 10.6 Å². The van der Waals surface area contributed by atoms with Gasteiger partial charge in [-0.3, -0.25) is 4.79 Å². The molecule has 1 aromatic carbocycles. The van der Waals surface area contributed by atoms with Gasteiger partial charge in [-0.1, -0.05) is 17.7 Å². The number of nitrogens with zero attached hydrogens (tertiary/aromatic N) is 1. The highest BCUT2D eigenvalue weighted by atomic mass is 16.2. The molecule has 1 aliphatic rings. The van der Waals surface area contributed by atoms with Crippen LogP contribution in [0.5, 0.6) is 0 Å². The normalized spacial score (nSPS) is 13.8. The lowest BCUT2D eigenvalue weighted by atomic mass is 10.2. The maximum atomic E-state index is 11.8. The summed E-state index contributed by atoms with van der Waals surface area (Å²) in [6.45, 7) is 2.05.